The fraction of sp³-hybridized carbons (Fsp3) is 0.917. The van der Waals surface area contributed by atoms with Crippen LogP contribution in [-0.4, -0.2) is 38.1 Å². The number of hydrogen-bond acceptors (Lipinski definition) is 3. The highest BCUT2D eigenvalue weighted by atomic mass is 16.5. The number of carbonyl (C=O) groups excluding carboxylic acids is 1. The SMILES string of the molecule is CCC(CC)CN(C)CCCC(=O)OC. The van der Waals surface area contributed by atoms with Crippen molar-refractivity contribution >= 4 is 5.97 Å². The van der Waals surface area contributed by atoms with Crippen LogP contribution in [0.4, 0.5) is 0 Å². The molecular weight excluding hydrogens is 190 g/mol. The molecule has 0 spiro atoms. The van der Waals surface area contributed by atoms with Crippen molar-refractivity contribution in [2.75, 3.05) is 27.2 Å². The number of nitrogens with zero attached hydrogens (tertiary/aromatic N) is 1. The van der Waals surface area contributed by atoms with Crippen LogP contribution in [0.1, 0.15) is 39.5 Å². The molecule has 0 N–H and O–H groups in total. The monoisotopic (exact) mass is 215 g/mol. The van der Waals surface area contributed by atoms with Crippen LogP contribution >= 0.6 is 0 Å². The van der Waals surface area contributed by atoms with Crippen LogP contribution in [0.3, 0.4) is 0 Å². The van der Waals surface area contributed by atoms with Gasteiger partial charge in [0, 0.05) is 13.0 Å². The molecule has 0 bridgehead atoms. The summed E-state index contributed by atoms with van der Waals surface area (Å²) in [6, 6.07) is 0. The molecule has 0 radical (unpaired) electrons. The molecule has 0 aliphatic heterocycles. The first kappa shape index (κ1) is 14.4. The summed E-state index contributed by atoms with van der Waals surface area (Å²) in [5.41, 5.74) is 0. The van der Waals surface area contributed by atoms with Gasteiger partial charge in [-0.1, -0.05) is 26.7 Å². The van der Waals surface area contributed by atoms with Crippen molar-refractivity contribution in [2.45, 2.75) is 39.5 Å². The summed E-state index contributed by atoms with van der Waals surface area (Å²) in [7, 11) is 3.56. The van der Waals surface area contributed by atoms with Gasteiger partial charge in [-0.2, -0.15) is 0 Å². The van der Waals surface area contributed by atoms with E-state index >= 15 is 0 Å². The second-order valence-electron chi connectivity index (χ2n) is 4.12. The average molecular weight is 215 g/mol. The van der Waals surface area contributed by atoms with Crippen molar-refractivity contribution in [2.24, 2.45) is 5.92 Å². The molecule has 0 aromatic heterocycles. The lowest BCUT2D eigenvalue weighted by Gasteiger charge is -2.21. The molecule has 0 atom stereocenters. The zero-order valence-corrected chi connectivity index (χ0v) is 10.6. The van der Waals surface area contributed by atoms with Crippen molar-refractivity contribution in [1.29, 1.82) is 0 Å². The third-order valence-corrected chi connectivity index (χ3v) is 2.87. The minimum Gasteiger partial charge on any atom is -0.469 e. The molecule has 0 aliphatic rings. The van der Waals surface area contributed by atoms with Crippen LogP contribution in [0, 0.1) is 5.92 Å². The summed E-state index contributed by atoms with van der Waals surface area (Å²) >= 11 is 0. The Hall–Kier alpha value is -0.570. The lowest BCUT2D eigenvalue weighted by atomic mass is 10.0. The maximum atomic E-state index is 10.9. The predicted octanol–water partition coefficient (Wildman–Crippen LogP) is 2.31. The molecule has 0 aliphatic carbocycles. The van der Waals surface area contributed by atoms with Crippen molar-refractivity contribution in [3.05, 3.63) is 0 Å². The van der Waals surface area contributed by atoms with Crippen LogP contribution in [0.5, 0.6) is 0 Å². The van der Waals surface area contributed by atoms with Gasteiger partial charge in [0.1, 0.15) is 0 Å². The van der Waals surface area contributed by atoms with Gasteiger partial charge in [0.2, 0.25) is 0 Å². The van der Waals surface area contributed by atoms with Gasteiger partial charge in [-0.25, -0.2) is 0 Å². The predicted molar refractivity (Wildman–Crippen MR) is 62.8 cm³/mol. The van der Waals surface area contributed by atoms with Gasteiger partial charge in [-0.05, 0) is 25.9 Å². The fourth-order valence-corrected chi connectivity index (χ4v) is 1.67. The van der Waals surface area contributed by atoms with Crippen LogP contribution in [0.15, 0.2) is 0 Å². The Labute approximate surface area is 93.8 Å². The number of methoxy groups -OCH3 is 1. The van der Waals surface area contributed by atoms with Gasteiger partial charge >= 0.3 is 5.97 Å². The summed E-state index contributed by atoms with van der Waals surface area (Å²) in [6.07, 6.45) is 3.89. The molecule has 3 nitrogen and oxygen atoms in total. The third kappa shape index (κ3) is 7.37. The van der Waals surface area contributed by atoms with E-state index in [4.69, 9.17) is 0 Å². The molecule has 0 aromatic rings. The van der Waals surface area contributed by atoms with E-state index in [1.165, 1.54) is 20.0 Å². The fourth-order valence-electron chi connectivity index (χ4n) is 1.67. The number of rotatable bonds is 8. The summed E-state index contributed by atoms with van der Waals surface area (Å²) in [5.74, 6) is 0.680. The quantitative estimate of drug-likeness (QED) is 0.582. The number of esters is 1. The molecular formula is C12H25NO2. The van der Waals surface area contributed by atoms with Crippen molar-refractivity contribution in [3.63, 3.8) is 0 Å². The zero-order valence-electron chi connectivity index (χ0n) is 10.6. The van der Waals surface area contributed by atoms with E-state index in [9.17, 15) is 4.79 Å². The first-order valence-electron chi connectivity index (χ1n) is 5.89. The smallest absolute Gasteiger partial charge is 0.305 e. The normalized spacial score (nSPS) is 11.1. The van der Waals surface area contributed by atoms with E-state index in [1.54, 1.807) is 0 Å². The highest BCUT2D eigenvalue weighted by Gasteiger charge is 2.08. The zero-order chi connectivity index (χ0) is 11.7. The molecule has 0 heterocycles. The molecule has 90 valence electrons. The highest BCUT2D eigenvalue weighted by molar-refractivity contribution is 5.69. The second-order valence-corrected chi connectivity index (χ2v) is 4.12. The van der Waals surface area contributed by atoms with Gasteiger partial charge in [0.15, 0.2) is 0 Å². The van der Waals surface area contributed by atoms with Crippen LogP contribution in [0.2, 0.25) is 0 Å². The lowest BCUT2D eigenvalue weighted by Crippen LogP contribution is -2.26. The van der Waals surface area contributed by atoms with Crippen LogP contribution in [0.25, 0.3) is 0 Å². The summed E-state index contributed by atoms with van der Waals surface area (Å²) < 4.78 is 4.60. The Kier molecular flexibility index (Phi) is 8.38. The molecule has 0 rings (SSSR count). The molecule has 0 saturated heterocycles. The van der Waals surface area contributed by atoms with Crippen LogP contribution in [-0.2, 0) is 9.53 Å². The van der Waals surface area contributed by atoms with Crippen molar-refractivity contribution < 1.29 is 9.53 Å². The lowest BCUT2D eigenvalue weighted by molar-refractivity contribution is -0.140. The molecule has 0 aromatic carbocycles. The standard InChI is InChI=1S/C12H25NO2/c1-5-11(6-2)10-13(3)9-7-8-12(14)15-4/h11H,5-10H2,1-4H3. The minimum atomic E-state index is -0.106. The number of ether oxygens (including phenoxy) is 1. The molecule has 0 amide bonds. The topological polar surface area (TPSA) is 29.5 Å². The first-order valence-corrected chi connectivity index (χ1v) is 5.89. The van der Waals surface area contributed by atoms with E-state index < -0.39 is 0 Å². The molecule has 3 heteroatoms. The second kappa shape index (κ2) is 8.72. The maximum absolute atomic E-state index is 10.9. The molecule has 0 unspecified atom stereocenters. The number of carbonyl (C=O) groups is 1. The summed E-state index contributed by atoms with van der Waals surface area (Å²) in [5, 5.41) is 0. The Balaban J connectivity index is 3.56. The average Bonchev–Trinajstić information content (AvgIpc) is 2.25. The Morgan fingerprint density at radius 1 is 1.33 bits per heavy atom. The third-order valence-electron chi connectivity index (χ3n) is 2.87. The first-order chi connectivity index (χ1) is 7.13. The molecule has 0 fully saturated rings. The van der Waals surface area contributed by atoms with Crippen molar-refractivity contribution in [1.82, 2.24) is 4.90 Å². The van der Waals surface area contributed by atoms with Crippen LogP contribution < -0.4 is 0 Å². The van der Waals surface area contributed by atoms with E-state index in [0.717, 1.165) is 25.4 Å². The van der Waals surface area contributed by atoms with E-state index in [2.05, 4.69) is 30.5 Å². The largest absolute Gasteiger partial charge is 0.469 e. The van der Waals surface area contributed by atoms with Crippen molar-refractivity contribution in [3.8, 4) is 0 Å². The Morgan fingerprint density at radius 2 is 1.93 bits per heavy atom. The van der Waals surface area contributed by atoms with Gasteiger partial charge in [-0.15, -0.1) is 0 Å². The highest BCUT2D eigenvalue weighted by Crippen LogP contribution is 2.09. The minimum absolute atomic E-state index is 0.106. The van der Waals surface area contributed by atoms with Gasteiger partial charge in [0.05, 0.1) is 7.11 Å². The Morgan fingerprint density at radius 3 is 2.40 bits per heavy atom. The van der Waals surface area contributed by atoms with E-state index in [1.807, 2.05) is 0 Å². The Bertz CT molecular complexity index is 167. The maximum Gasteiger partial charge on any atom is 0.305 e. The molecule has 15 heavy (non-hydrogen) atoms. The van der Waals surface area contributed by atoms with Gasteiger partial charge in [0.25, 0.3) is 0 Å². The van der Waals surface area contributed by atoms with Gasteiger partial charge in [-0.3, -0.25) is 4.79 Å². The molecule has 0 saturated carbocycles. The number of hydrogen-bond donors (Lipinski definition) is 0. The van der Waals surface area contributed by atoms with E-state index in [0.29, 0.717) is 6.42 Å². The summed E-state index contributed by atoms with van der Waals surface area (Å²) in [6.45, 7) is 6.58. The summed E-state index contributed by atoms with van der Waals surface area (Å²) in [4.78, 5) is 13.2. The van der Waals surface area contributed by atoms with E-state index in [-0.39, 0.29) is 5.97 Å². The van der Waals surface area contributed by atoms with Gasteiger partial charge < -0.3 is 9.64 Å².